The minimum atomic E-state index is -0.535. The Labute approximate surface area is 321 Å². The van der Waals surface area contributed by atoms with Crippen molar-refractivity contribution in [3.8, 4) is 44.5 Å². The molecule has 1 heterocycles. The van der Waals surface area contributed by atoms with Crippen molar-refractivity contribution in [1.82, 2.24) is 0 Å². The zero-order valence-corrected chi connectivity index (χ0v) is 31.6. The van der Waals surface area contributed by atoms with Crippen molar-refractivity contribution in [2.24, 2.45) is 0 Å². The minimum Gasteiger partial charge on any atom is -0.399 e. The minimum absolute atomic E-state index is 0.482. The third-order valence-corrected chi connectivity index (χ3v) is 12.0. The maximum absolute atomic E-state index is 6.80. The highest BCUT2D eigenvalue weighted by Gasteiger charge is 2.52. The van der Waals surface area contributed by atoms with Crippen LogP contribution in [0.4, 0.5) is 0 Å². The van der Waals surface area contributed by atoms with Crippen LogP contribution in [-0.2, 0) is 9.31 Å². The molecule has 0 aromatic heterocycles. The molecule has 0 N–H and O–H groups in total. The molecule has 8 aromatic rings. The number of benzene rings is 8. The van der Waals surface area contributed by atoms with E-state index in [0.717, 1.165) is 82.3 Å². The Hall–Kier alpha value is -4.90. The maximum atomic E-state index is 6.80. The highest BCUT2D eigenvalue weighted by molar-refractivity contribution is 6.67. The topological polar surface area (TPSA) is 18.5 Å². The molecule has 0 aliphatic carbocycles. The molecule has 258 valence electrons. The lowest BCUT2D eigenvalue weighted by Crippen LogP contribution is -2.41. The van der Waals surface area contributed by atoms with E-state index in [-0.39, 0.29) is 0 Å². The molecule has 0 atom stereocenters. The van der Waals surface area contributed by atoms with Crippen molar-refractivity contribution < 1.29 is 9.31 Å². The first-order valence-electron chi connectivity index (χ1n) is 18.1. The highest BCUT2D eigenvalue weighted by Crippen LogP contribution is 2.47. The van der Waals surface area contributed by atoms with Crippen LogP contribution >= 0.6 is 23.2 Å². The molecule has 0 radical (unpaired) electrons. The fourth-order valence-electron chi connectivity index (χ4n) is 7.94. The van der Waals surface area contributed by atoms with Gasteiger partial charge in [0, 0.05) is 0 Å². The summed E-state index contributed by atoms with van der Waals surface area (Å²) in [6, 6.07) is 53.6. The summed E-state index contributed by atoms with van der Waals surface area (Å²) in [6.07, 6.45) is 0. The lowest BCUT2D eigenvalue weighted by atomic mass is 9.71. The first kappa shape index (κ1) is 33.9. The quantitative estimate of drug-likeness (QED) is 0.130. The molecule has 1 fully saturated rings. The van der Waals surface area contributed by atoms with E-state index in [1.807, 2.05) is 12.1 Å². The number of rotatable bonds is 5. The van der Waals surface area contributed by atoms with Crippen molar-refractivity contribution in [3.05, 3.63) is 162 Å². The van der Waals surface area contributed by atoms with E-state index in [1.165, 1.54) is 0 Å². The Balaban J connectivity index is 1.34. The van der Waals surface area contributed by atoms with Crippen LogP contribution in [0.3, 0.4) is 0 Å². The number of hydrogen-bond acceptors (Lipinski definition) is 2. The summed E-state index contributed by atoms with van der Waals surface area (Å²) < 4.78 is 13.5. The van der Waals surface area contributed by atoms with E-state index >= 15 is 0 Å². The van der Waals surface area contributed by atoms with E-state index in [9.17, 15) is 0 Å². The van der Waals surface area contributed by atoms with Crippen LogP contribution in [0.25, 0.3) is 76.8 Å². The van der Waals surface area contributed by atoms with Crippen LogP contribution in [0, 0.1) is 0 Å². The van der Waals surface area contributed by atoms with E-state index in [4.69, 9.17) is 32.5 Å². The summed E-state index contributed by atoms with van der Waals surface area (Å²) in [7, 11) is -0.535. The smallest absolute Gasteiger partial charge is 0.399 e. The largest absolute Gasteiger partial charge is 0.496 e. The number of hydrogen-bond donors (Lipinski definition) is 0. The molecule has 1 saturated heterocycles. The van der Waals surface area contributed by atoms with Gasteiger partial charge in [0.25, 0.3) is 0 Å². The van der Waals surface area contributed by atoms with Gasteiger partial charge in [0.1, 0.15) is 0 Å². The maximum Gasteiger partial charge on any atom is 0.496 e. The molecule has 1 aliphatic heterocycles. The third-order valence-electron chi connectivity index (χ3n) is 11.3. The van der Waals surface area contributed by atoms with Crippen LogP contribution in [-0.4, -0.2) is 18.3 Å². The second-order valence-corrected chi connectivity index (χ2v) is 15.8. The zero-order chi connectivity index (χ0) is 36.5. The third kappa shape index (κ3) is 5.66. The Bertz CT molecular complexity index is 2670. The average molecular weight is 728 g/mol. The van der Waals surface area contributed by atoms with Crippen LogP contribution in [0.5, 0.6) is 0 Å². The van der Waals surface area contributed by atoms with Crippen molar-refractivity contribution in [3.63, 3.8) is 0 Å². The predicted molar refractivity (Wildman–Crippen MR) is 226 cm³/mol. The number of halogens is 2. The monoisotopic (exact) mass is 726 g/mol. The Morgan fingerprint density at radius 1 is 0.396 bits per heavy atom. The van der Waals surface area contributed by atoms with Gasteiger partial charge in [-0.05, 0) is 128 Å². The van der Waals surface area contributed by atoms with Gasteiger partial charge < -0.3 is 9.31 Å². The Morgan fingerprint density at radius 2 is 0.887 bits per heavy atom. The molecule has 9 rings (SSSR count). The number of fused-ring (bicyclic) bond motifs is 3. The summed E-state index contributed by atoms with van der Waals surface area (Å²) in [5, 5.41) is 7.72. The van der Waals surface area contributed by atoms with Gasteiger partial charge in [-0.2, -0.15) is 0 Å². The summed E-state index contributed by atoms with van der Waals surface area (Å²) in [5.41, 5.74) is 9.06. The van der Waals surface area contributed by atoms with Crippen LogP contribution in [0.15, 0.2) is 152 Å². The SMILES string of the molecule is CC1(C)OB(c2c(-c3ccccc3)ccc3c(-c4ccc5c(-c6ccccc6)c6cc(Cl)c(Cl)cc6c(-c6ccccc6)c5c4)cccc23)OC1(C)C. The van der Waals surface area contributed by atoms with E-state index in [1.54, 1.807) is 0 Å². The second-order valence-electron chi connectivity index (χ2n) is 14.9. The summed E-state index contributed by atoms with van der Waals surface area (Å²) >= 11 is 13.5. The summed E-state index contributed by atoms with van der Waals surface area (Å²) in [4.78, 5) is 0. The van der Waals surface area contributed by atoms with E-state index < -0.39 is 18.3 Å². The molecular weight excluding hydrogens is 690 g/mol. The first-order valence-corrected chi connectivity index (χ1v) is 18.8. The molecule has 0 bridgehead atoms. The molecule has 5 heteroatoms. The average Bonchev–Trinajstić information content (AvgIpc) is 3.39. The zero-order valence-electron chi connectivity index (χ0n) is 30.1. The fourth-order valence-corrected chi connectivity index (χ4v) is 8.26. The van der Waals surface area contributed by atoms with Crippen LogP contribution in [0.1, 0.15) is 27.7 Å². The van der Waals surface area contributed by atoms with Crippen molar-refractivity contribution in [2.45, 2.75) is 38.9 Å². The van der Waals surface area contributed by atoms with Gasteiger partial charge in [-0.1, -0.05) is 157 Å². The van der Waals surface area contributed by atoms with Gasteiger partial charge in [-0.3, -0.25) is 0 Å². The molecule has 53 heavy (non-hydrogen) atoms. The van der Waals surface area contributed by atoms with Gasteiger partial charge in [0.15, 0.2) is 0 Å². The lowest BCUT2D eigenvalue weighted by molar-refractivity contribution is 0.00578. The molecule has 0 spiro atoms. The second kappa shape index (κ2) is 12.9. The van der Waals surface area contributed by atoms with Crippen LogP contribution in [0.2, 0.25) is 10.0 Å². The van der Waals surface area contributed by atoms with Crippen molar-refractivity contribution in [1.29, 1.82) is 0 Å². The van der Waals surface area contributed by atoms with Crippen molar-refractivity contribution in [2.75, 3.05) is 0 Å². The highest BCUT2D eigenvalue weighted by atomic mass is 35.5. The van der Waals surface area contributed by atoms with E-state index in [2.05, 4.69) is 167 Å². The van der Waals surface area contributed by atoms with Gasteiger partial charge in [-0.15, -0.1) is 0 Å². The van der Waals surface area contributed by atoms with Gasteiger partial charge in [-0.25, -0.2) is 0 Å². The molecular formula is C48H37BCl2O2. The molecule has 0 amide bonds. The van der Waals surface area contributed by atoms with Gasteiger partial charge in [0.2, 0.25) is 0 Å². The predicted octanol–water partition coefficient (Wildman–Crippen LogP) is 13.4. The molecule has 2 nitrogen and oxygen atoms in total. The van der Waals surface area contributed by atoms with E-state index in [0.29, 0.717) is 10.0 Å². The fraction of sp³-hybridized carbons (Fsp3) is 0.125. The van der Waals surface area contributed by atoms with Gasteiger partial charge in [0.05, 0.1) is 21.2 Å². The summed E-state index contributed by atoms with van der Waals surface area (Å²) in [6.45, 7) is 8.44. The lowest BCUT2D eigenvalue weighted by Gasteiger charge is -2.32. The normalized spacial score (nSPS) is 15.1. The summed E-state index contributed by atoms with van der Waals surface area (Å²) in [5.74, 6) is 0. The molecule has 8 aromatic carbocycles. The standard InChI is InChI=1S/C48H37BCl2O2/c1-47(2)48(3,4)53-49(52-47)46-35(30-15-8-5-9-16-30)25-26-36-34(21-14-22-38(36)46)33-23-24-37-39(27-33)45(32-19-12-7-13-20-32)41-29-43(51)42(50)28-40(41)44(37)31-17-10-6-11-18-31/h5-29H,1-4H3. The van der Waals surface area contributed by atoms with Gasteiger partial charge >= 0.3 is 7.12 Å². The molecule has 0 saturated carbocycles. The molecule has 1 aliphatic rings. The molecule has 0 unspecified atom stereocenters. The van der Waals surface area contributed by atoms with Crippen molar-refractivity contribution >= 4 is 68.1 Å². The Kier molecular flexibility index (Phi) is 8.25. The first-order chi connectivity index (χ1) is 25.6. The Morgan fingerprint density at radius 3 is 1.45 bits per heavy atom. The van der Waals surface area contributed by atoms with Crippen LogP contribution < -0.4 is 5.46 Å².